The van der Waals surface area contributed by atoms with Crippen molar-refractivity contribution >= 4 is 23.8 Å². The smallest absolute Gasteiger partial charge is 0.407 e. The van der Waals surface area contributed by atoms with Crippen LogP contribution in [0.3, 0.4) is 0 Å². The van der Waals surface area contributed by atoms with Crippen LogP contribution in [0.15, 0.2) is 109 Å². The summed E-state index contributed by atoms with van der Waals surface area (Å²) in [6.45, 7) is -0.384. The van der Waals surface area contributed by atoms with E-state index >= 15 is 0 Å². The lowest BCUT2D eigenvalue weighted by Gasteiger charge is -2.25. The first kappa shape index (κ1) is 31.2. The number of nitrogens with one attached hydrogen (secondary N) is 1. The van der Waals surface area contributed by atoms with Crippen molar-refractivity contribution in [3.8, 4) is 11.1 Å². The van der Waals surface area contributed by atoms with Crippen molar-refractivity contribution in [1.29, 1.82) is 0 Å². The number of hydrogen-bond donors (Lipinski definition) is 2. The number of carboxylic acid groups (broad SMARTS) is 1. The number of carboxylic acids is 1. The largest absolute Gasteiger partial charge is 0.480 e. The van der Waals surface area contributed by atoms with Gasteiger partial charge in [0.25, 0.3) is 0 Å². The summed E-state index contributed by atoms with van der Waals surface area (Å²) >= 11 is 0. The number of carbonyl (C=O) groups excluding carboxylic acids is 3. The molecule has 1 aliphatic carbocycles. The van der Waals surface area contributed by atoms with Crippen molar-refractivity contribution in [2.75, 3.05) is 20.2 Å². The van der Waals surface area contributed by atoms with Crippen molar-refractivity contribution < 1.29 is 29.0 Å². The van der Waals surface area contributed by atoms with Gasteiger partial charge in [-0.25, -0.2) is 4.79 Å². The number of hydrogen-bond acceptors (Lipinski definition) is 5. The Morgan fingerprint density at radius 3 is 1.82 bits per heavy atom. The Morgan fingerprint density at radius 2 is 1.27 bits per heavy atom. The quantitative estimate of drug-likeness (QED) is 0.209. The highest BCUT2D eigenvalue weighted by atomic mass is 16.5. The predicted molar refractivity (Wildman–Crippen MR) is 171 cm³/mol. The molecule has 0 saturated heterocycles. The highest BCUT2D eigenvalue weighted by molar-refractivity contribution is 5.92. The average Bonchev–Trinajstić information content (AvgIpc) is 3.37. The number of fused-ring (bicyclic) bond motifs is 3. The second-order valence-electron chi connectivity index (χ2n) is 11.4. The summed E-state index contributed by atoms with van der Waals surface area (Å²) in [5.41, 5.74) is 6.06. The van der Waals surface area contributed by atoms with Crippen LogP contribution in [-0.2, 0) is 32.0 Å². The third kappa shape index (κ3) is 7.84. The van der Waals surface area contributed by atoms with E-state index in [4.69, 9.17) is 4.74 Å². The molecule has 5 rings (SSSR count). The lowest BCUT2D eigenvalue weighted by molar-refractivity contribution is -0.145. The number of ketones is 1. The van der Waals surface area contributed by atoms with Crippen molar-refractivity contribution in [3.05, 3.63) is 131 Å². The van der Waals surface area contributed by atoms with Gasteiger partial charge in [-0.05, 0) is 46.2 Å². The van der Waals surface area contributed by atoms with Gasteiger partial charge in [0.1, 0.15) is 13.2 Å². The number of likely N-dealkylation sites (N-methyl/N-ethyl adjacent to an activating group) is 1. The third-order valence-electron chi connectivity index (χ3n) is 8.18. The van der Waals surface area contributed by atoms with Gasteiger partial charge in [-0.2, -0.15) is 0 Å². The number of Topliss-reactive ketones (excluding diaryl/α,β-unsaturated/α-hetero) is 1. The number of ether oxygens (including phenoxy) is 1. The van der Waals surface area contributed by atoms with Gasteiger partial charge >= 0.3 is 12.1 Å². The molecule has 0 saturated carbocycles. The molecule has 4 aromatic carbocycles. The molecule has 2 atom stereocenters. The van der Waals surface area contributed by atoms with Gasteiger partial charge in [-0.1, -0.05) is 109 Å². The number of amides is 2. The average molecular weight is 605 g/mol. The van der Waals surface area contributed by atoms with Crippen LogP contribution >= 0.6 is 0 Å². The molecule has 45 heavy (non-hydrogen) atoms. The Kier molecular flexibility index (Phi) is 10.0. The zero-order valence-electron chi connectivity index (χ0n) is 25.1. The number of nitrogens with zero attached hydrogens (tertiary/aromatic N) is 1. The van der Waals surface area contributed by atoms with Crippen LogP contribution in [0, 0.1) is 5.92 Å². The zero-order chi connectivity index (χ0) is 31.8. The summed E-state index contributed by atoms with van der Waals surface area (Å²) in [6, 6.07) is 33.7. The molecule has 2 N–H and O–H groups in total. The Labute approximate surface area is 262 Å². The van der Waals surface area contributed by atoms with E-state index in [0.717, 1.165) is 38.3 Å². The summed E-state index contributed by atoms with van der Waals surface area (Å²) in [5, 5.41) is 12.0. The van der Waals surface area contributed by atoms with Gasteiger partial charge < -0.3 is 20.1 Å². The molecule has 8 nitrogen and oxygen atoms in total. The summed E-state index contributed by atoms with van der Waals surface area (Å²) in [5.74, 6) is -2.88. The van der Waals surface area contributed by atoms with E-state index in [1.807, 2.05) is 97.1 Å². The van der Waals surface area contributed by atoms with Gasteiger partial charge in [0.2, 0.25) is 5.91 Å². The zero-order valence-corrected chi connectivity index (χ0v) is 25.1. The predicted octanol–water partition coefficient (Wildman–Crippen LogP) is 5.50. The number of rotatable bonds is 13. The molecule has 0 radical (unpaired) electrons. The lowest BCUT2D eigenvalue weighted by atomic mass is 9.89. The molecule has 4 aromatic rings. The maximum Gasteiger partial charge on any atom is 0.407 e. The van der Waals surface area contributed by atoms with E-state index in [1.54, 1.807) is 0 Å². The summed E-state index contributed by atoms with van der Waals surface area (Å²) < 4.78 is 5.75. The molecule has 0 unspecified atom stereocenters. The first-order chi connectivity index (χ1) is 21.8. The van der Waals surface area contributed by atoms with E-state index in [1.165, 1.54) is 7.05 Å². The van der Waals surface area contributed by atoms with Crippen molar-refractivity contribution in [3.63, 3.8) is 0 Å². The van der Waals surface area contributed by atoms with Gasteiger partial charge in [0.05, 0.1) is 6.04 Å². The van der Waals surface area contributed by atoms with Crippen molar-refractivity contribution in [1.82, 2.24) is 10.2 Å². The van der Waals surface area contributed by atoms with Crippen LogP contribution in [0.25, 0.3) is 11.1 Å². The molecular formula is C37H36N2O6. The molecule has 0 fully saturated rings. The second-order valence-corrected chi connectivity index (χ2v) is 11.4. The molecule has 1 aliphatic rings. The monoisotopic (exact) mass is 604 g/mol. The SMILES string of the molecule is CN(CC(=O)O)C(=O)[C@@H](CC(=O)[C@H](Cc1ccccc1)NC(=O)OCC1c2ccccc2-c2ccccc21)Cc1ccccc1. The first-order valence-corrected chi connectivity index (χ1v) is 15.0. The summed E-state index contributed by atoms with van der Waals surface area (Å²) in [7, 11) is 1.41. The highest BCUT2D eigenvalue weighted by Crippen LogP contribution is 2.44. The standard InChI is InChI=1S/C37H36N2O6/c1-39(23-35(41)42)36(43)27(20-25-12-4-2-5-13-25)22-34(40)33(21-26-14-6-3-7-15-26)38-37(44)45-24-32-30-18-10-8-16-28(30)29-17-9-11-19-31(29)32/h2-19,27,32-33H,20-24H2,1H3,(H,38,44)(H,41,42)/t27-,33+/m1/s1. The lowest BCUT2D eigenvalue weighted by Crippen LogP contribution is -2.45. The van der Waals surface area contributed by atoms with E-state index in [9.17, 15) is 24.3 Å². The molecule has 0 aromatic heterocycles. The van der Waals surface area contributed by atoms with Crippen molar-refractivity contribution in [2.24, 2.45) is 5.92 Å². The normalized spacial score (nSPS) is 13.2. The molecule has 0 heterocycles. The van der Waals surface area contributed by atoms with Crippen LogP contribution in [0.1, 0.15) is 34.6 Å². The number of aliphatic carboxylic acids is 1. The molecule has 0 spiro atoms. The fourth-order valence-corrected chi connectivity index (χ4v) is 6.00. The maximum absolute atomic E-state index is 13.9. The van der Waals surface area contributed by atoms with Crippen LogP contribution in [-0.4, -0.2) is 60.0 Å². The number of carbonyl (C=O) groups is 4. The van der Waals surface area contributed by atoms with E-state index in [0.29, 0.717) is 0 Å². The minimum atomic E-state index is -1.14. The van der Waals surface area contributed by atoms with Gasteiger partial charge in [0, 0.05) is 25.3 Å². The molecule has 230 valence electrons. The third-order valence-corrected chi connectivity index (χ3v) is 8.18. The van der Waals surface area contributed by atoms with Crippen LogP contribution in [0.2, 0.25) is 0 Å². The van der Waals surface area contributed by atoms with E-state index in [2.05, 4.69) is 17.4 Å². The fourth-order valence-electron chi connectivity index (χ4n) is 6.00. The van der Waals surface area contributed by atoms with Crippen molar-refractivity contribution in [2.45, 2.75) is 31.2 Å². The van der Waals surface area contributed by atoms with E-state index in [-0.39, 0.29) is 37.6 Å². The Hall–Kier alpha value is -5.24. The number of alkyl carbamates (subject to hydrolysis) is 1. The summed E-state index contributed by atoms with van der Waals surface area (Å²) in [6.07, 6.45) is -0.446. The minimum Gasteiger partial charge on any atom is -0.480 e. The maximum atomic E-state index is 13.9. The molecule has 0 aliphatic heterocycles. The van der Waals surface area contributed by atoms with Crippen LogP contribution in [0.4, 0.5) is 4.79 Å². The van der Waals surface area contributed by atoms with Gasteiger partial charge in [-0.15, -0.1) is 0 Å². The minimum absolute atomic E-state index is 0.0984. The molecular weight excluding hydrogens is 568 g/mol. The molecule has 8 heteroatoms. The van der Waals surface area contributed by atoms with Crippen LogP contribution < -0.4 is 5.32 Å². The highest BCUT2D eigenvalue weighted by Gasteiger charge is 2.32. The van der Waals surface area contributed by atoms with Gasteiger partial charge in [0.15, 0.2) is 5.78 Å². The molecule has 0 bridgehead atoms. The fraction of sp³-hybridized carbons (Fsp3) is 0.243. The Morgan fingerprint density at radius 1 is 0.756 bits per heavy atom. The second kappa shape index (κ2) is 14.5. The Bertz CT molecular complexity index is 1610. The Balaban J connectivity index is 1.32. The molecule has 2 amide bonds. The van der Waals surface area contributed by atoms with Gasteiger partial charge in [-0.3, -0.25) is 14.4 Å². The van der Waals surface area contributed by atoms with E-state index < -0.39 is 36.5 Å². The van der Waals surface area contributed by atoms with Crippen LogP contribution in [0.5, 0.6) is 0 Å². The topological polar surface area (TPSA) is 113 Å². The number of benzene rings is 4. The first-order valence-electron chi connectivity index (χ1n) is 15.0. The summed E-state index contributed by atoms with van der Waals surface area (Å²) in [4.78, 5) is 52.9.